The van der Waals surface area contributed by atoms with Crippen molar-refractivity contribution in [2.24, 2.45) is 5.92 Å². The van der Waals surface area contributed by atoms with Gasteiger partial charge >= 0.3 is 0 Å². The van der Waals surface area contributed by atoms with Gasteiger partial charge in [-0.1, -0.05) is 19.1 Å². The Kier molecular flexibility index (Phi) is 5.37. The second-order valence-corrected chi connectivity index (χ2v) is 6.01. The topological polar surface area (TPSA) is 58.2 Å². The summed E-state index contributed by atoms with van der Waals surface area (Å²) in [6.07, 6.45) is 4.54. The van der Waals surface area contributed by atoms with E-state index in [-0.39, 0.29) is 18.2 Å². The Morgan fingerprint density at radius 1 is 1.19 bits per heavy atom. The smallest absolute Gasteiger partial charge is 0.239 e. The summed E-state index contributed by atoms with van der Waals surface area (Å²) < 4.78 is 0. The molecule has 1 saturated carbocycles. The van der Waals surface area contributed by atoms with E-state index in [0.717, 1.165) is 24.4 Å². The van der Waals surface area contributed by atoms with Gasteiger partial charge in [-0.15, -0.1) is 0 Å². The molecule has 2 rings (SSSR count). The maximum absolute atomic E-state index is 11.9. The van der Waals surface area contributed by atoms with Crippen molar-refractivity contribution in [3.63, 3.8) is 0 Å². The summed E-state index contributed by atoms with van der Waals surface area (Å²) in [5.41, 5.74) is 1.46. The van der Waals surface area contributed by atoms with Gasteiger partial charge in [0.25, 0.3) is 0 Å². The maximum atomic E-state index is 11.9. The second-order valence-electron chi connectivity index (χ2n) is 6.01. The lowest BCUT2D eigenvalue weighted by Crippen LogP contribution is -2.40. The van der Waals surface area contributed by atoms with E-state index in [1.54, 1.807) is 12.1 Å². The van der Waals surface area contributed by atoms with Crippen molar-refractivity contribution < 1.29 is 9.59 Å². The van der Waals surface area contributed by atoms with Crippen LogP contribution in [0, 0.1) is 5.92 Å². The average molecular weight is 288 g/mol. The highest BCUT2D eigenvalue weighted by Crippen LogP contribution is 2.23. The Bertz CT molecular complexity index is 505. The van der Waals surface area contributed by atoms with E-state index in [2.05, 4.69) is 17.6 Å². The van der Waals surface area contributed by atoms with Crippen molar-refractivity contribution in [1.29, 1.82) is 0 Å². The molecule has 1 amide bonds. The number of anilines is 1. The number of carbonyl (C=O) groups is 2. The van der Waals surface area contributed by atoms with Crippen LogP contribution in [0.2, 0.25) is 0 Å². The fourth-order valence-electron chi connectivity index (χ4n) is 2.71. The largest absolute Gasteiger partial charge is 0.376 e. The molecule has 2 N–H and O–H groups in total. The molecule has 1 aliphatic carbocycles. The minimum atomic E-state index is 0.0165. The van der Waals surface area contributed by atoms with Crippen LogP contribution in [0.5, 0.6) is 0 Å². The molecule has 4 nitrogen and oxygen atoms in total. The molecular weight excluding hydrogens is 264 g/mol. The summed E-state index contributed by atoms with van der Waals surface area (Å²) >= 11 is 0. The number of nitrogens with one attached hydrogen (secondary N) is 2. The van der Waals surface area contributed by atoms with Gasteiger partial charge in [0, 0.05) is 17.3 Å². The van der Waals surface area contributed by atoms with Crippen molar-refractivity contribution >= 4 is 17.4 Å². The van der Waals surface area contributed by atoms with Crippen molar-refractivity contribution in [2.45, 2.75) is 45.6 Å². The van der Waals surface area contributed by atoms with Crippen LogP contribution in [-0.2, 0) is 4.79 Å². The number of hydrogen-bond acceptors (Lipinski definition) is 3. The van der Waals surface area contributed by atoms with Gasteiger partial charge in [0.2, 0.25) is 5.91 Å². The highest BCUT2D eigenvalue weighted by Gasteiger charge is 2.19. The van der Waals surface area contributed by atoms with Crippen LogP contribution in [0.25, 0.3) is 0 Å². The van der Waals surface area contributed by atoms with Gasteiger partial charge in [0.15, 0.2) is 5.78 Å². The fraction of sp³-hybridized carbons (Fsp3) is 0.529. The van der Waals surface area contributed by atoms with Gasteiger partial charge in [0.1, 0.15) is 0 Å². The molecule has 0 heterocycles. The van der Waals surface area contributed by atoms with Gasteiger partial charge in [-0.2, -0.15) is 0 Å². The molecule has 0 spiro atoms. The van der Waals surface area contributed by atoms with Gasteiger partial charge in [-0.25, -0.2) is 0 Å². The quantitative estimate of drug-likeness (QED) is 0.819. The molecule has 0 saturated heterocycles. The summed E-state index contributed by atoms with van der Waals surface area (Å²) in [5, 5.41) is 6.15. The number of rotatable bonds is 5. The molecule has 1 aliphatic rings. The Morgan fingerprint density at radius 3 is 2.57 bits per heavy atom. The van der Waals surface area contributed by atoms with Crippen LogP contribution in [0.1, 0.15) is 49.9 Å². The van der Waals surface area contributed by atoms with E-state index < -0.39 is 0 Å². The third-order valence-corrected chi connectivity index (χ3v) is 4.10. The monoisotopic (exact) mass is 288 g/mol. The molecule has 0 aliphatic heterocycles. The van der Waals surface area contributed by atoms with Gasteiger partial charge < -0.3 is 10.6 Å². The number of carbonyl (C=O) groups excluding carboxylic acids is 2. The first-order chi connectivity index (χ1) is 10.0. The van der Waals surface area contributed by atoms with Gasteiger partial charge in [0.05, 0.1) is 6.54 Å². The Labute approximate surface area is 126 Å². The summed E-state index contributed by atoms with van der Waals surface area (Å²) in [5.74, 6) is 0.827. The number of benzene rings is 1. The van der Waals surface area contributed by atoms with E-state index in [4.69, 9.17) is 0 Å². The lowest BCUT2D eigenvalue weighted by atomic mass is 9.87. The lowest BCUT2D eigenvalue weighted by molar-refractivity contribution is -0.120. The van der Waals surface area contributed by atoms with E-state index in [1.165, 1.54) is 19.8 Å². The van der Waals surface area contributed by atoms with E-state index in [0.29, 0.717) is 11.6 Å². The number of hydrogen-bond donors (Lipinski definition) is 2. The molecule has 0 atom stereocenters. The zero-order valence-corrected chi connectivity index (χ0v) is 12.8. The number of Topliss-reactive ketones (excluding diaryl/α,β-unsaturated/α-hetero) is 1. The molecule has 114 valence electrons. The third-order valence-electron chi connectivity index (χ3n) is 4.10. The zero-order chi connectivity index (χ0) is 15.2. The summed E-state index contributed by atoms with van der Waals surface area (Å²) in [4.78, 5) is 23.3. The summed E-state index contributed by atoms with van der Waals surface area (Å²) in [6.45, 7) is 4.05. The van der Waals surface area contributed by atoms with Gasteiger partial charge in [-0.3, -0.25) is 9.59 Å². The molecule has 0 unspecified atom stereocenters. The van der Waals surface area contributed by atoms with Crippen LogP contribution in [0.4, 0.5) is 5.69 Å². The molecule has 21 heavy (non-hydrogen) atoms. The first kappa shape index (κ1) is 15.5. The lowest BCUT2D eigenvalue weighted by Gasteiger charge is -2.27. The molecule has 0 aromatic heterocycles. The average Bonchev–Trinajstić information content (AvgIpc) is 2.48. The Balaban J connectivity index is 1.78. The van der Waals surface area contributed by atoms with E-state index in [1.807, 2.05) is 12.1 Å². The Hall–Kier alpha value is -1.84. The number of ketones is 1. The zero-order valence-electron chi connectivity index (χ0n) is 12.8. The van der Waals surface area contributed by atoms with Crippen molar-refractivity contribution in [3.05, 3.63) is 29.8 Å². The van der Waals surface area contributed by atoms with Crippen molar-refractivity contribution in [1.82, 2.24) is 5.32 Å². The summed E-state index contributed by atoms with van der Waals surface area (Å²) in [7, 11) is 0. The molecule has 1 fully saturated rings. The minimum Gasteiger partial charge on any atom is -0.376 e. The number of amides is 1. The highest BCUT2D eigenvalue weighted by atomic mass is 16.2. The van der Waals surface area contributed by atoms with Gasteiger partial charge in [-0.05, 0) is 50.7 Å². The predicted octanol–water partition coefficient (Wildman–Crippen LogP) is 3.00. The van der Waals surface area contributed by atoms with Crippen LogP contribution in [0.3, 0.4) is 0 Å². The third kappa shape index (κ3) is 4.88. The van der Waals surface area contributed by atoms with Crippen LogP contribution >= 0.6 is 0 Å². The van der Waals surface area contributed by atoms with Crippen LogP contribution in [-0.4, -0.2) is 24.3 Å². The first-order valence-corrected chi connectivity index (χ1v) is 7.69. The maximum Gasteiger partial charge on any atom is 0.239 e. The Morgan fingerprint density at radius 2 is 1.90 bits per heavy atom. The second kappa shape index (κ2) is 7.25. The van der Waals surface area contributed by atoms with Crippen LogP contribution in [0.15, 0.2) is 24.3 Å². The standard InChI is InChI=1S/C17H24N2O2/c1-12-6-8-15(9-7-12)19-17(21)11-18-16-5-3-4-14(10-16)13(2)20/h3-5,10,12,15,18H,6-9,11H2,1-2H3,(H,19,21). The van der Waals surface area contributed by atoms with Crippen LogP contribution < -0.4 is 10.6 Å². The van der Waals surface area contributed by atoms with Crippen molar-refractivity contribution in [2.75, 3.05) is 11.9 Å². The van der Waals surface area contributed by atoms with E-state index >= 15 is 0 Å². The minimum absolute atomic E-state index is 0.0165. The summed E-state index contributed by atoms with van der Waals surface area (Å²) in [6, 6.07) is 7.55. The molecular formula is C17H24N2O2. The van der Waals surface area contributed by atoms with E-state index in [9.17, 15) is 9.59 Å². The SMILES string of the molecule is CC(=O)c1cccc(NCC(=O)NC2CCC(C)CC2)c1. The molecule has 0 radical (unpaired) electrons. The fourth-order valence-corrected chi connectivity index (χ4v) is 2.71. The normalized spacial score (nSPS) is 21.6. The van der Waals surface area contributed by atoms with Crippen molar-refractivity contribution in [3.8, 4) is 0 Å². The molecule has 4 heteroatoms. The first-order valence-electron chi connectivity index (χ1n) is 7.69. The predicted molar refractivity (Wildman–Crippen MR) is 84.5 cm³/mol. The molecule has 1 aromatic rings. The molecule has 0 bridgehead atoms. The molecule has 1 aromatic carbocycles. The highest BCUT2D eigenvalue weighted by molar-refractivity contribution is 5.95.